The van der Waals surface area contributed by atoms with Gasteiger partial charge in [0.1, 0.15) is 0 Å². The van der Waals surface area contributed by atoms with Crippen molar-refractivity contribution in [3.63, 3.8) is 0 Å². The van der Waals surface area contributed by atoms with Crippen molar-refractivity contribution < 1.29 is 9.59 Å². The van der Waals surface area contributed by atoms with Gasteiger partial charge in [0.15, 0.2) is 5.78 Å². The first-order valence-electron chi connectivity index (χ1n) is 4.64. The average Bonchev–Trinajstić information content (AvgIpc) is 2.26. The number of ketones is 1. The monoisotopic (exact) mass is 206 g/mol. The number of rotatable bonds is 3. The van der Waals surface area contributed by atoms with Crippen LogP contribution in [0.25, 0.3) is 0 Å². The van der Waals surface area contributed by atoms with Crippen LogP contribution in [-0.2, 0) is 0 Å². The lowest BCUT2D eigenvalue weighted by Gasteiger charge is -2.11. The number of Topliss-reactive ketones (excluding diaryl/α,β-unsaturated/α-hetero) is 1. The van der Waals surface area contributed by atoms with Crippen LogP contribution in [0.1, 0.15) is 10.4 Å². The molecular formula is C11H14N2O2. The summed E-state index contributed by atoms with van der Waals surface area (Å²) in [5, 5.41) is 2.52. The van der Waals surface area contributed by atoms with E-state index in [1.807, 2.05) is 6.07 Å². The molecule has 0 saturated carbocycles. The Kier molecular flexibility index (Phi) is 3.85. The minimum absolute atomic E-state index is 0.0288. The van der Waals surface area contributed by atoms with Gasteiger partial charge in [0.05, 0.1) is 6.54 Å². The van der Waals surface area contributed by atoms with Gasteiger partial charge in [-0.05, 0) is 0 Å². The molecule has 1 aromatic rings. The smallest absolute Gasteiger partial charge is 0.317 e. The molecule has 0 aromatic heterocycles. The second-order valence-corrected chi connectivity index (χ2v) is 3.34. The molecule has 1 rings (SSSR count). The highest BCUT2D eigenvalue weighted by atomic mass is 16.2. The number of carbonyl (C=O) groups is 2. The van der Waals surface area contributed by atoms with Crippen LogP contribution in [0, 0.1) is 0 Å². The Bertz CT molecular complexity index is 347. The van der Waals surface area contributed by atoms with Crippen LogP contribution in [0.4, 0.5) is 4.79 Å². The number of hydrogen-bond acceptors (Lipinski definition) is 2. The molecule has 2 amide bonds. The molecule has 0 unspecified atom stereocenters. The van der Waals surface area contributed by atoms with E-state index in [2.05, 4.69) is 5.32 Å². The first-order valence-corrected chi connectivity index (χ1v) is 4.64. The SMILES string of the molecule is CN(C)C(=O)NCC(=O)c1ccccc1. The average molecular weight is 206 g/mol. The first kappa shape index (κ1) is 11.2. The van der Waals surface area contributed by atoms with Gasteiger partial charge in [0.2, 0.25) is 0 Å². The van der Waals surface area contributed by atoms with Crippen molar-refractivity contribution in [3.05, 3.63) is 35.9 Å². The van der Waals surface area contributed by atoms with Gasteiger partial charge >= 0.3 is 6.03 Å². The molecule has 0 spiro atoms. The molecule has 0 fully saturated rings. The van der Waals surface area contributed by atoms with Crippen molar-refractivity contribution in [1.29, 1.82) is 0 Å². The number of hydrogen-bond donors (Lipinski definition) is 1. The second kappa shape index (κ2) is 5.14. The summed E-state index contributed by atoms with van der Waals surface area (Å²) in [6.45, 7) is 0.0288. The lowest BCUT2D eigenvalue weighted by Crippen LogP contribution is -2.37. The van der Waals surface area contributed by atoms with Gasteiger partial charge in [-0.15, -0.1) is 0 Å². The summed E-state index contributed by atoms with van der Waals surface area (Å²) >= 11 is 0. The van der Waals surface area contributed by atoms with E-state index in [0.29, 0.717) is 5.56 Å². The van der Waals surface area contributed by atoms with Gasteiger partial charge in [0, 0.05) is 19.7 Å². The largest absolute Gasteiger partial charge is 0.331 e. The summed E-state index contributed by atoms with van der Waals surface area (Å²) in [5.74, 6) is -0.0919. The van der Waals surface area contributed by atoms with Crippen molar-refractivity contribution >= 4 is 11.8 Å². The minimum atomic E-state index is -0.265. The fraction of sp³-hybridized carbons (Fsp3) is 0.273. The van der Waals surface area contributed by atoms with Gasteiger partial charge in [-0.3, -0.25) is 4.79 Å². The molecule has 1 N–H and O–H groups in total. The third-order valence-electron chi connectivity index (χ3n) is 1.90. The predicted octanol–water partition coefficient (Wildman–Crippen LogP) is 1.14. The summed E-state index contributed by atoms with van der Waals surface area (Å²) in [5.41, 5.74) is 0.608. The molecule has 0 radical (unpaired) electrons. The van der Waals surface area contributed by atoms with Gasteiger partial charge in [-0.1, -0.05) is 30.3 Å². The highest BCUT2D eigenvalue weighted by Crippen LogP contribution is 1.98. The fourth-order valence-electron chi connectivity index (χ4n) is 1.04. The van der Waals surface area contributed by atoms with Crippen LogP contribution in [-0.4, -0.2) is 37.4 Å². The Morgan fingerprint density at radius 1 is 1.20 bits per heavy atom. The number of urea groups is 1. The molecule has 0 heterocycles. The van der Waals surface area contributed by atoms with Crippen molar-refractivity contribution in [3.8, 4) is 0 Å². The van der Waals surface area contributed by atoms with Crippen molar-refractivity contribution in [2.24, 2.45) is 0 Å². The van der Waals surface area contributed by atoms with E-state index in [1.165, 1.54) is 4.90 Å². The Balaban J connectivity index is 2.48. The van der Waals surface area contributed by atoms with E-state index in [9.17, 15) is 9.59 Å². The van der Waals surface area contributed by atoms with E-state index in [1.54, 1.807) is 38.4 Å². The quantitative estimate of drug-likeness (QED) is 0.754. The topological polar surface area (TPSA) is 49.4 Å². The lowest BCUT2D eigenvalue weighted by atomic mass is 10.1. The molecule has 0 atom stereocenters. The van der Waals surface area contributed by atoms with E-state index in [0.717, 1.165) is 0 Å². The molecule has 80 valence electrons. The summed E-state index contributed by atoms with van der Waals surface area (Å²) < 4.78 is 0. The maximum atomic E-state index is 11.5. The summed E-state index contributed by atoms with van der Waals surface area (Å²) in [4.78, 5) is 24.1. The molecule has 15 heavy (non-hydrogen) atoms. The fourth-order valence-corrected chi connectivity index (χ4v) is 1.04. The first-order chi connectivity index (χ1) is 7.11. The predicted molar refractivity (Wildman–Crippen MR) is 57.9 cm³/mol. The number of amides is 2. The number of nitrogens with one attached hydrogen (secondary N) is 1. The molecule has 1 aromatic carbocycles. The molecule has 0 aliphatic heterocycles. The Hall–Kier alpha value is -1.84. The third kappa shape index (κ3) is 3.42. The summed E-state index contributed by atoms with van der Waals surface area (Å²) in [6.07, 6.45) is 0. The zero-order valence-corrected chi connectivity index (χ0v) is 8.86. The van der Waals surface area contributed by atoms with Crippen molar-refractivity contribution in [1.82, 2.24) is 10.2 Å². The van der Waals surface area contributed by atoms with E-state index in [4.69, 9.17) is 0 Å². The maximum absolute atomic E-state index is 11.5. The van der Waals surface area contributed by atoms with Crippen molar-refractivity contribution in [2.45, 2.75) is 0 Å². The van der Waals surface area contributed by atoms with Crippen LogP contribution >= 0.6 is 0 Å². The third-order valence-corrected chi connectivity index (χ3v) is 1.90. The van der Waals surface area contributed by atoms with Crippen LogP contribution < -0.4 is 5.32 Å². The number of carbonyl (C=O) groups excluding carboxylic acids is 2. The molecule has 0 bridgehead atoms. The molecule has 4 nitrogen and oxygen atoms in total. The zero-order valence-electron chi connectivity index (χ0n) is 8.86. The van der Waals surface area contributed by atoms with Crippen LogP contribution in [0.5, 0.6) is 0 Å². The summed E-state index contributed by atoms with van der Waals surface area (Å²) in [7, 11) is 3.25. The van der Waals surface area contributed by atoms with E-state index in [-0.39, 0.29) is 18.4 Å². The summed E-state index contributed by atoms with van der Waals surface area (Å²) in [6, 6.07) is 8.62. The number of nitrogens with zero attached hydrogens (tertiary/aromatic N) is 1. The standard InChI is InChI=1S/C11H14N2O2/c1-13(2)11(15)12-8-10(14)9-6-4-3-5-7-9/h3-7H,8H2,1-2H3,(H,12,15). The zero-order chi connectivity index (χ0) is 11.3. The highest BCUT2D eigenvalue weighted by molar-refractivity contribution is 5.99. The molecular weight excluding hydrogens is 192 g/mol. The Morgan fingerprint density at radius 2 is 1.80 bits per heavy atom. The van der Waals surface area contributed by atoms with Gasteiger partial charge < -0.3 is 10.2 Å². The molecule has 0 aliphatic carbocycles. The molecule has 0 saturated heterocycles. The second-order valence-electron chi connectivity index (χ2n) is 3.34. The van der Waals surface area contributed by atoms with Gasteiger partial charge in [-0.2, -0.15) is 0 Å². The maximum Gasteiger partial charge on any atom is 0.317 e. The van der Waals surface area contributed by atoms with Crippen LogP contribution in [0.2, 0.25) is 0 Å². The number of benzene rings is 1. The van der Waals surface area contributed by atoms with Crippen molar-refractivity contribution in [2.75, 3.05) is 20.6 Å². The minimum Gasteiger partial charge on any atom is -0.331 e. The van der Waals surface area contributed by atoms with E-state index >= 15 is 0 Å². The Labute approximate surface area is 88.9 Å². The van der Waals surface area contributed by atoms with E-state index < -0.39 is 0 Å². The lowest BCUT2D eigenvalue weighted by molar-refractivity contribution is 0.0990. The highest BCUT2D eigenvalue weighted by Gasteiger charge is 2.07. The van der Waals surface area contributed by atoms with Crippen LogP contribution in [0.15, 0.2) is 30.3 Å². The van der Waals surface area contributed by atoms with Gasteiger partial charge in [-0.25, -0.2) is 4.79 Å². The normalized spacial score (nSPS) is 9.47. The molecule has 4 heteroatoms. The van der Waals surface area contributed by atoms with Gasteiger partial charge in [0.25, 0.3) is 0 Å². The van der Waals surface area contributed by atoms with Crippen LogP contribution in [0.3, 0.4) is 0 Å². The Morgan fingerprint density at radius 3 is 2.33 bits per heavy atom. The molecule has 0 aliphatic rings.